The van der Waals surface area contributed by atoms with E-state index >= 15 is 0 Å². The van der Waals surface area contributed by atoms with E-state index in [4.69, 9.17) is 4.74 Å². The van der Waals surface area contributed by atoms with E-state index < -0.39 is 0 Å². The molecular formula is C22H33N3O3. The first-order valence-electron chi connectivity index (χ1n) is 10.5. The molecule has 1 N–H and O–H groups in total. The molecule has 2 aliphatic rings. The number of hydrogen-bond acceptors (Lipinski definition) is 3. The fourth-order valence-electron chi connectivity index (χ4n) is 3.79. The highest BCUT2D eigenvalue weighted by Gasteiger charge is 2.30. The van der Waals surface area contributed by atoms with Crippen LogP contribution in [0.25, 0.3) is 0 Å². The molecule has 2 saturated heterocycles. The first-order valence-corrected chi connectivity index (χ1v) is 10.5. The summed E-state index contributed by atoms with van der Waals surface area (Å²) in [5, 5.41) is 3.05. The van der Waals surface area contributed by atoms with E-state index in [0.717, 1.165) is 49.9 Å². The Balaban J connectivity index is 1.39. The molecular weight excluding hydrogens is 354 g/mol. The molecule has 0 atom stereocenters. The Morgan fingerprint density at radius 2 is 1.57 bits per heavy atom. The molecule has 1 aromatic carbocycles. The van der Waals surface area contributed by atoms with Crippen molar-refractivity contribution in [3.8, 4) is 0 Å². The lowest BCUT2D eigenvalue weighted by Gasteiger charge is -2.34. The number of carbonyl (C=O) groups is 2. The van der Waals surface area contributed by atoms with E-state index in [9.17, 15) is 9.59 Å². The van der Waals surface area contributed by atoms with E-state index in [2.05, 4.69) is 5.32 Å². The summed E-state index contributed by atoms with van der Waals surface area (Å²) in [6.45, 7) is 8.31. The van der Waals surface area contributed by atoms with Crippen molar-refractivity contribution in [2.45, 2.75) is 58.8 Å². The van der Waals surface area contributed by atoms with Gasteiger partial charge in [0.2, 0.25) is 5.91 Å². The van der Waals surface area contributed by atoms with Gasteiger partial charge in [0, 0.05) is 38.6 Å². The van der Waals surface area contributed by atoms with Crippen LogP contribution < -0.4 is 5.32 Å². The largest absolute Gasteiger partial charge is 0.374 e. The molecule has 0 radical (unpaired) electrons. The number of urea groups is 1. The zero-order valence-electron chi connectivity index (χ0n) is 17.2. The van der Waals surface area contributed by atoms with Crippen molar-refractivity contribution in [1.82, 2.24) is 15.1 Å². The average molecular weight is 388 g/mol. The summed E-state index contributed by atoms with van der Waals surface area (Å²) in [4.78, 5) is 28.8. The van der Waals surface area contributed by atoms with Gasteiger partial charge in [0.05, 0.1) is 12.7 Å². The fraction of sp³-hybridized carbons (Fsp3) is 0.636. The number of rotatable bonds is 6. The van der Waals surface area contributed by atoms with Gasteiger partial charge in [0.1, 0.15) is 0 Å². The Kier molecular flexibility index (Phi) is 7.31. The molecule has 0 bridgehead atoms. The second-order valence-electron chi connectivity index (χ2n) is 8.13. The highest BCUT2D eigenvalue weighted by molar-refractivity contribution is 5.79. The van der Waals surface area contributed by atoms with E-state index in [1.165, 1.54) is 0 Å². The maximum absolute atomic E-state index is 12.5. The number of piperidine rings is 1. The van der Waals surface area contributed by atoms with Crippen molar-refractivity contribution in [3.05, 3.63) is 35.4 Å². The number of hydrogen-bond donors (Lipinski definition) is 1. The van der Waals surface area contributed by atoms with Gasteiger partial charge in [0.25, 0.3) is 0 Å². The minimum atomic E-state index is 0.00124. The average Bonchev–Trinajstić information content (AvgIpc) is 3.25. The number of amides is 3. The number of nitrogens with one attached hydrogen (secondary N) is 1. The quantitative estimate of drug-likeness (QED) is 0.816. The Morgan fingerprint density at radius 3 is 2.18 bits per heavy atom. The summed E-state index contributed by atoms with van der Waals surface area (Å²) in [5.74, 6) is 0.0989. The van der Waals surface area contributed by atoms with Gasteiger partial charge in [-0.3, -0.25) is 4.79 Å². The monoisotopic (exact) mass is 387 g/mol. The Bertz CT molecular complexity index is 645. The minimum Gasteiger partial charge on any atom is -0.374 e. The van der Waals surface area contributed by atoms with Crippen LogP contribution in [0.1, 0.15) is 50.7 Å². The summed E-state index contributed by atoms with van der Waals surface area (Å²) in [5.41, 5.74) is 2.22. The molecule has 0 unspecified atom stereocenters. The van der Waals surface area contributed by atoms with Gasteiger partial charge < -0.3 is 19.9 Å². The van der Waals surface area contributed by atoms with Crippen molar-refractivity contribution >= 4 is 11.9 Å². The molecule has 3 amide bonds. The van der Waals surface area contributed by atoms with Crippen LogP contribution in [-0.2, 0) is 22.7 Å². The number of nitrogens with zero attached hydrogens (tertiary/aromatic N) is 2. The van der Waals surface area contributed by atoms with E-state index in [1.807, 2.05) is 47.9 Å². The molecule has 0 spiro atoms. The summed E-state index contributed by atoms with van der Waals surface area (Å²) in [7, 11) is 0. The van der Waals surface area contributed by atoms with E-state index in [-0.39, 0.29) is 24.0 Å². The van der Waals surface area contributed by atoms with Crippen LogP contribution in [0.15, 0.2) is 24.3 Å². The lowest BCUT2D eigenvalue weighted by Crippen LogP contribution is -2.47. The maximum Gasteiger partial charge on any atom is 0.319 e. The number of carbonyl (C=O) groups excluding carboxylic acids is 2. The van der Waals surface area contributed by atoms with Crippen molar-refractivity contribution < 1.29 is 14.3 Å². The molecule has 0 aliphatic carbocycles. The smallest absolute Gasteiger partial charge is 0.319 e. The van der Waals surface area contributed by atoms with Gasteiger partial charge in [-0.15, -0.1) is 0 Å². The first kappa shape index (κ1) is 20.6. The minimum absolute atomic E-state index is 0.00124. The summed E-state index contributed by atoms with van der Waals surface area (Å²) < 4.78 is 5.60. The molecule has 3 rings (SSSR count). The summed E-state index contributed by atoms with van der Waals surface area (Å²) in [6, 6.07) is 8.32. The first-order chi connectivity index (χ1) is 13.5. The number of ether oxygens (including phenoxy) is 1. The normalized spacial score (nSPS) is 18.0. The lowest BCUT2D eigenvalue weighted by molar-refractivity contribution is -0.126. The van der Waals surface area contributed by atoms with Crippen LogP contribution >= 0.6 is 0 Å². The van der Waals surface area contributed by atoms with Crippen LogP contribution in [0.4, 0.5) is 4.79 Å². The molecule has 6 heteroatoms. The molecule has 2 aliphatic heterocycles. The van der Waals surface area contributed by atoms with Crippen molar-refractivity contribution in [1.29, 1.82) is 0 Å². The summed E-state index contributed by atoms with van der Waals surface area (Å²) in [6.07, 6.45) is 3.93. The van der Waals surface area contributed by atoms with Crippen LogP contribution in [0, 0.1) is 5.92 Å². The lowest BCUT2D eigenvalue weighted by atomic mass is 9.96. The SMILES string of the molecule is CC(C)OCc1ccc(CNC(=O)C2CCN(C(=O)N3CCCC3)CC2)cc1. The Morgan fingerprint density at radius 1 is 1.00 bits per heavy atom. The molecule has 1 aromatic rings. The molecule has 0 aromatic heterocycles. The van der Waals surface area contributed by atoms with Gasteiger partial charge in [0.15, 0.2) is 0 Å². The Hall–Kier alpha value is -2.08. The molecule has 154 valence electrons. The molecule has 2 fully saturated rings. The number of likely N-dealkylation sites (tertiary alicyclic amines) is 2. The second kappa shape index (κ2) is 9.92. The summed E-state index contributed by atoms with van der Waals surface area (Å²) >= 11 is 0. The highest BCUT2D eigenvalue weighted by atomic mass is 16.5. The number of benzene rings is 1. The fourth-order valence-corrected chi connectivity index (χ4v) is 3.79. The van der Waals surface area contributed by atoms with Crippen molar-refractivity contribution in [3.63, 3.8) is 0 Å². The molecule has 0 saturated carbocycles. The maximum atomic E-state index is 12.5. The van der Waals surface area contributed by atoms with Crippen LogP contribution in [-0.4, -0.2) is 54.0 Å². The van der Waals surface area contributed by atoms with Gasteiger partial charge in [-0.05, 0) is 50.7 Å². The van der Waals surface area contributed by atoms with E-state index in [0.29, 0.717) is 26.2 Å². The third kappa shape index (κ3) is 5.71. The van der Waals surface area contributed by atoms with E-state index in [1.54, 1.807) is 0 Å². The molecule has 2 heterocycles. The molecule has 28 heavy (non-hydrogen) atoms. The third-order valence-corrected chi connectivity index (χ3v) is 5.59. The predicted molar refractivity (Wildman–Crippen MR) is 109 cm³/mol. The van der Waals surface area contributed by atoms with Gasteiger partial charge in [-0.1, -0.05) is 24.3 Å². The van der Waals surface area contributed by atoms with Gasteiger partial charge in [-0.25, -0.2) is 4.79 Å². The topological polar surface area (TPSA) is 61.9 Å². The Labute approximate surface area is 168 Å². The van der Waals surface area contributed by atoms with Crippen LogP contribution in [0.2, 0.25) is 0 Å². The standard InChI is InChI=1S/C22H33N3O3/c1-17(2)28-16-19-7-5-18(6-8-19)15-23-21(26)20-9-13-25(14-10-20)22(27)24-11-3-4-12-24/h5-8,17,20H,3-4,9-16H2,1-2H3,(H,23,26). The zero-order valence-corrected chi connectivity index (χ0v) is 17.2. The highest BCUT2D eigenvalue weighted by Crippen LogP contribution is 2.20. The van der Waals surface area contributed by atoms with Gasteiger partial charge >= 0.3 is 6.03 Å². The van der Waals surface area contributed by atoms with Crippen molar-refractivity contribution in [2.24, 2.45) is 5.92 Å². The second-order valence-corrected chi connectivity index (χ2v) is 8.13. The molecule has 6 nitrogen and oxygen atoms in total. The van der Waals surface area contributed by atoms with Crippen LogP contribution in [0.5, 0.6) is 0 Å². The predicted octanol–water partition coefficient (Wildman–Crippen LogP) is 3.16. The van der Waals surface area contributed by atoms with Gasteiger partial charge in [-0.2, -0.15) is 0 Å². The van der Waals surface area contributed by atoms with Crippen molar-refractivity contribution in [2.75, 3.05) is 26.2 Å². The van der Waals surface area contributed by atoms with Crippen LogP contribution in [0.3, 0.4) is 0 Å². The zero-order chi connectivity index (χ0) is 19.9. The third-order valence-electron chi connectivity index (χ3n) is 5.59.